The average molecular weight is 485 g/mol. The first-order chi connectivity index (χ1) is 14.6. The molecule has 2 aromatic carbocycles. The van der Waals surface area contributed by atoms with Gasteiger partial charge in [0.1, 0.15) is 0 Å². The van der Waals surface area contributed by atoms with Gasteiger partial charge in [-0.3, -0.25) is 14.9 Å². The first-order valence-corrected chi connectivity index (χ1v) is 9.91. The lowest BCUT2D eigenvalue weighted by atomic mass is 10.0. The molecule has 32 heavy (non-hydrogen) atoms. The van der Waals surface area contributed by atoms with Gasteiger partial charge in [-0.2, -0.15) is 26.3 Å². The minimum Gasteiger partial charge on any atom is -0.351 e. The smallest absolute Gasteiger partial charge is 0.351 e. The highest BCUT2D eigenvalue weighted by atomic mass is 32.2. The molecule has 0 bridgehead atoms. The SMILES string of the molecule is O=C(NCCNS(=O)(=O)c1cccc([N+](=O)[O-])c1)c1cc(C(F)(F)F)cc(C(F)(F)F)c1. The maximum Gasteiger partial charge on any atom is 0.416 e. The van der Waals surface area contributed by atoms with Gasteiger partial charge in [-0.05, 0) is 24.3 Å². The van der Waals surface area contributed by atoms with E-state index in [2.05, 4.69) is 0 Å². The van der Waals surface area contributed by atoms with Crippen molar-refractivity contribution in [3.63, 3.8) is 0 Å². The zero-order valence-electron chi connectivity index (χ0n) is 15.6. The Kier molecular flexibility index (Phi) is 7.14. The summed E-state index contributed by atoms with van der Waals surface area (Å²) in [4.78, 5) is 21.5. The van der Waals surface area contributed by atoms with Crippen LogP contribution in [0.1, 0.15) is 21.5 Å². The van der Waals surface area contributed by atoms with Gasteiger partial charge in [-0.15, -0.1) is 0 Å². The molecule has 0 heterocycles. The Balaban J connectivity index is 2.08. The molecule has 0 radical (unpaired) electrons. The van der Waals surface area contributed by atoms with Crippen molar-refractivity contribution in [3.05, 3.63) is 69.3 Å². The lowest BCUT2D eigenvalue weighted by molar-refractivity contribution is -0.385. The third kappa shape index (κ3) is 6.40. The summed E-state index contributed by atoms with van der Waals surface area (Å²) < 4.78 is 103. The minimum atomic E-state index is -5.13. The first-order valence-electron chi connectivity index (χ1n) is 8.43. The Morgan fingerprint density at radius 1 is 0.938 bits per heavy atom. The Morgan fingerprint density at radius 3 is 2.00 bits per heavy atom. The number of non-ortho nitro benzene ring substituents is 1. The number of alkyl halides is 6. The minimum absolute atomic E-state index is 0.135. The molecule has 15 heteroatoms. The van der Waals surface area contributed by atoms with Gasteiger partial charge in [-0.1, -0.05) is 6.07 Å². The third-order valence-electron chi connectivity index (χ3n) is 3.89. The van der Waals surface area contributed by atoms with Crippen molar-refractivity contribution in [2.45, 2.75) is 17.2 Å². The number of rotatable bonds is 7. The van der Waals surface area contributed by atoms with Crippen LogP contribution < -0.4 is 10.0 Å². The number of nitro benzene ring substituents is 1. The normalized spacial score (nSPS) is 12.4. The van der Waals surface area contributed by atoms with Gasteiger partial charge in [0.25, 0.3) is 11.6 Å². The van der Waals surface area contributed by atoms with Crippen molar-refractivity contribution in [2.24, 2.45) is 0 Å². The van der Waals surface area contributed by atoms with Crippen molar-refractivity contribution in [2.75, 3.05) is 13.1 Å². The van der Waals surface area contributed by atoms with E-state index in [9.17, 15) is 49.7 Å². The summed E-state index contributed by atoms with van der Waals surface area (Å²) in [7, 11) is -4.23. The zero-order valence-corrected chi connectivity index (χ0v) is 16.4. The topological polar surface area (TPSA) is 118 Å². The molecule has 1 amide bonds. The molecule has 0 aromatic heterocycles. The number of sulfonamides is 1. The van der Waals surface area contributed by atoms with E-state index in [1.807, 2.05) is 10.0 Å². The van der Waals surface area contributed by atoms with E-state index in [1.54, 1.807) is 0 Å². The van der Waals surface area contributed by atoms with Crippen LogP contribution in [-0.2, 0) is 22.4 Å². The van der Waals surface area contributed by atoms with Crippen molar-refractivity contribution < 1.29 is 44.5 Å². The fourth-order valence-electron chi connectivity index (χ4n) is 2.40. The van der Waals surface area contributed by atoms with Crippen LogP contribution in [0, 0.1) is 10.1 Å². The van der Waals surface area contributed by atoms with Crippen LogP contribution >= 0.6 is 0 Å². The highest BCUT2D eigenvalue weighted by Crippen LogP contribution is 2.36. The molecule has 2 rings (SSSR count). The van der Waals surface area contributed by atoms with Crippen LogP contribution in [0.2, 0.25) is 0 Å². The fourth-order valence-corrected chi connectivity index (χ4v) is 3.47. The molecule has 0 unspecified atom stereocenters. The molecule has 0 saturated heterocycles. The molecule has 2 aromatic rings. The van der Waals surface area contributed by atoms with Gasteiger partial charge in [-0.25, -0.2) is 13.1 Å². The maximum absolute atomic E-state index is 12.9. The number of amides is 1. The van der Waals surface area contributed by atoms with Crippen molar-refractivity contribution in [1.29, 1.82) is 0 Å². The maximum atomic E-state index is 12.9. The number of hydrogen-bond acceptors (Lipinski definition) is 5. The van der Waals surface area contributed by atoms with Crippen LogP contribution in [0.4, 0.5) is 32.0 Å². The van der Waals surface area contributed by atoms with E-state index in [1.165, 1.54) is 0 Å². The standard InChI is InChI=1S/C17H13F6N3O5S/c18-16(19,20)11-6-10(7-12(8-11)17(21,22)23)15(27)24-4-5-25-32(30,31)14-3-1-2-13(9-14)26(28)29/h1-3,6-9,25H,4-5H2,(H,24,27). The monoisotopic (exact) mass is 485 g/mol. The highest BCUT2D eigenvalue weighted by molar-refractivity contribution is 7.89. The molecule has 0 aliphatic heterocycles. The van der Waals surface area contributed by atoms with E-state index in [0.29, 0.717) is 0 Å². The van der Waals surface area contributed by atoms with Crippen molar-refractivity contribution >= 4 is 21.6 Å². The van der Waals surface area contributed by atoms with Gasteiger partial charge in [0.15, 0.2) is 0 Å². The van der Waals surface area contributed by atoms with Crippen LogP contribution in [-0.4, -0.2) is 32.3 Å². The number of nitrogens with zero attached hydrogens (tertiary/aromatic N) is 1. The van der Waals surface area contributed by atoms with Gasteiger partial charge >= 0.3 is 12.4 Å². The van der Waals surface area contributed by atoms with E-state index < -0.39 is 73.6 Å². The average Bonchev–Trinajstić information content (AvgIpc) is 2.69. The molecule has 0 aliphatic carbocycles. The van der Waals surface area contributed by atoms with Crippen LogP contribution in [0.3, 0.4) is 0 Å². The zero-order chi connectivity index (χ0) is 24.3. The van der Waals surface area contributed by atoms with Crippen molar-refractivity contribution in [1.82, 2.24) is 10.0 Å². The quantitative estimate of drug-likeness (QED) is 0.270. The number of carbonyl (C=O) groups is 1. The lowest BCUT2D eigenvalue weighted by Gasteiger charge is -2.14. The number of nitro groups is 1. The summed E-state index contributed by atoms with van der Waals surface area (Å²) in [5.41, 5.74) is -4.77. The molecule has 0 atom stereocenters. The third-order valence-corrected chi connectivity index (χ3v) is 5.35. The Bertz CT molecular complexity index is 1100. The molecular weight excluding hydrogens is 472 g/mol. The van der Waals surface area contributed by atoms with Crippen molar-refractivity contribution in [3.8, 4) is 0 Å². The number of hydrogen-bond donors (Lipinski definition) is 2. The summed E-state index contributed by atoms with van der Waals surface area (Å²) in [5, 5.41) is 12.7. The first kappa shape index (κ1) is 25.1. The predicted octanol–water partition coefficient (Wildman–Crippen LogP) is 3.34. The molecule has 0 saturated carbocycles. The van der Waals surface area contributed by atoms with Crippen LogP contribution in [0.5, 0.6) is 0 Å². The molecule has 174 valence electrons. The summed E-state index contributed by atoms with van der Waals surface area (Å²) in [6, 6.07) is 4.36. The van der Waals surface area contributed by atoms with Gasteiger partial charge in [0.2, 0.25) is 10.0 Å². The summed E-state index contributed by atoms with van der Waals surface area (Å²) in [6.45, 7) is -0.994. The lowest BCUT2D eigenvalue weighted by Crippen LogP contribution is -2.35. The van der Waals surface area contributed by atoms with Gasteiger partial charge in [0, 0.05) is 30.8 Å². The Morgan fingerprint density at radius 2 is 1.50 bits per heavy atom. The fraction of sp³-hybridized carbons (Fsp3) is 0.235. The number of benzene rings is 2. The van der Waals surface area contributed by atoms with Crippen LogP contribution in [0.25, 0.3) is 0 Å². The van der Waals surface area contributed by atoms with E-state index in [4.69, 9.17) is 0 Å². The molecule has 0 spiro atoms. The Hall–Kier alpha value is -3.20. The summed E-state index contributed by atoms with van der Waals surface area (Å²) in [5.74, 6) is -1.30. The van der Waals surface area contributed by atoms with Crippen LogP contribution in [0.15, 0.2) is 47.4 Å². The largest absolute Gasteiger partial charge is 0.416 e. The highest BCUT2D eigenvalue weighted by Gasteiger charge is 2.37. The predicted molar refractivity (Wildman–Crippen MR) is 97.1 cm³/mol. The molecule has 0 fully saturated rings. The Labute approximate surface area is 176 Å². The molecule has 8 nitrogen and oxygen atoms in total. The van der Waals surface area contributed by atoms with E-state index in [0.717, 1.165) is 24.3 Å². The summed E-state index contributed by atoms with van der Waals surface area (Å²) in [6.07, 6.45) is -10.3. The molecule has 2 N–H and O–H groups in total. The molecular formula is C17H13F6N3O5S. The van der Waals surface area contributed by atoms with Gasteiger partial charge in [0.05, 0.1) is 20.9 Å². The van der Waals surface area contributed by atoms with Gasteiger partial charge < -0.3 is 5.32 Å². The number of carbonyl (C=O) groups excluding carboxylic acids is 1. The van der Waals surface area contributed by atoms with E-state index >= 15 is 0 Å². The second-order valence-electron chi connectivity index (χ2n) is 6.20. The summed E-state index contributed by atoms with van der Waals surface area (Å²) >= 11 is 0. The second kappa shape index (κ2) is 9.12. The number of halogens is 6. The molecule has 0 aliphatic rings. The van der Waals surface area contributed by atoms with E-state index in [-0.39, 0.29) is 18.2 Å². The number of nitrogens with one attached hydrogen (secondary N) is 2. The second-order valence-corrected chi connectivity index (χ2v) is 7.97.